The number of hydrogen-bond donors (Lipinski definition) is 1. The minimum Gasteiger partial charge on any atom is -0.449 e. The molecule has 0 heterocycles. The van der Waals surface area contributed by atoms with Gasteiger partial charge in [0.15, 0.2) is 6.29 Å². The Hall–Kier alpha value is -3.83. The van der Waals surface area contributed by atoms with Crippen molar-refractivity contribution in [2.24, 2.45) is 0 Å². The van der Waals surface area contributed by atoms with Gasteiger partial charge in [-0.25, -0.2) is 4.79 Å². The van der Waals surface area contributed by atoms with Crippen LogP contribution in [0.25, 0.3) is 11.1 Å². The van der Waals surface area contributed by atoms with Gasteiger partial charge in [-0.15, -0.1) is 0 Å². The van der Waals surface area contributed by atoms with Crippen LogP contribution in [0.3, 0.4) is 0 Å². The number of alkyl carbamates (subject to hydrolysis) is 1. The summed E-state index contributed by atoms with van der Waals surface area (Å²) in [5.74, 6) is 0.0234. The van der Waals surface area contributed by atoms with E-state index < -0.39 is 6.09 Å². The van der Waals surface area contributed by atoms with Crippen LogP contribution in [0.15, 0.2) is 94.7 Å². The maximum atomic E-state index is 12.8. The Labute approximate surface area is 215 Å². The van der Waals surface area contributed by atoms with E-state index in [0.29, 0.717) is 12.1 Å². The van der Waals surface area contributed by atoms with Crippen molar-refractivity contribution in [3.8, 4) is 11.1 Å². The summed E-state index contributed by atoms with van der Waals surface area (Å²) in [6.07, 6.45) is 0.431. The first-order valence-electron chi connectivity index (χ1n) is 12.0. The van der Waals surface area contributed by atoms with Gasteiger partial charge in [-0.2, -0.15) is 0 Å². The molecule has 5 heteroatoms. The van der Waals surface area contributed by atoms with Gasteiger partial charge in [-0.1, -0.05) is 96.2 Å². The number of rotatable bonds is 7. The molecule has 0 unspecified atom stereocenters. The van der Waals surface area contributed by atoms with E-state index in [-0.39, 0.29) is 12.5 Å². The van der Waals surface area contributed by atoms with Crippen LogP contribution in [0.4, 0.5) is 4.79 Å². The zero-order chi connectivity index (χ0) is 25.1. The van der Waals surface area contributed by atoms with E-state index in [1.807, 2.05) is 55.5 Å². The van der Waals surface area contributed by atoms with Crippen molar-refractivity contribution in [2.45, 2.75) is 36.1 Å². The third-order valence-electron chi connectivity index (χ3n) is 6.52. The fourth-order valence-corrected chi connectivity index (χ4v) is 6.00. The number of aryl methyl sites for hydroxylation is 2. The molecule has 1 aliphatic carbocycles. The summed E-state index contributed by atoms with van der Waals surface area (Å²) in [5.41, 5.74) is 8.64. The van der Waals surface area contributed by atoms with Crippen LogP contribution in [0.2, 0.25) is 0 Å². The highest BCUT2D eigenvalue weighted by molar-refractivity contribution is 7.99. The number of ether oxygens (including phenoxy) is 1. The van der Waals surface area contributed by atoms with Crippen LogP contribution in [-0.2, 0) is 11.3 Å². The van der Waals surface area contributed by atoms with Gasteiger partial charge in [0, 0.05) is 27.8 Å². The quantitative estimate of drug-likeness (QED) is 0.274. The first-order chi connectivity index (χ1) is 17.5. The fourth-order valence-electron chi connectivity index (χ4n) is 4.92. The Morgan fingerprint density at radius 3 is 2.25 bits per heavy atom. The van der Waals surface area contributed by atoms with Gasteiger partial charge in [0.2, 0.25) is 0 Å². The Balaban J connectivity index is 1.29. The van der Waals surface area contributed by atoms with E-state index in [2.05, 4.69) is 48.6 Å². The molecule has 1 aliphatic rings. The molecule has 0 saturated heterocycles. The summed E-state index contributed by atoms with van der Waals surface area (Å²) in [7, 11) is 0. The normalized spacial score (nSPS) is 12.1. The Bertz CT molecular complexity index is 1400. The number of nitrogens with one attached hydrogen (secondary N) is 1. The van der Waals surface area contributed by atoms with E-state index >= 15 is 0 Å². The number of carbonyl (C=O) groups is 2. The lowest BCUT2D eigenvalue weighted by atomic mass is 9.98. The van der Waals surface area contributed by atoms with Crippen LogP contribution < -0.4 is 5.32 Å². The van der Waals surface area contributed by atoms with Crippen molar-refractivity contribution in [1.82, 2.24) is 5.32 Å². The molecule has 0 aromatic heterocycles. The first-order valence-corrected chi connectivity index (χ1v) is 12.8. The highest BCUT2D eigenvalue weighted by Crippen LogP contribution is 2.44. The standard InChI is InChI=1S/C31H27NO3S/c1-20-15-21(2)30(36-29-14-8-3-9-22(29)18-33)23(16-20)17-32-31(34)35-19-28-26-12-6-4-10-24(26)25-11-5-7-13-27(25)28/h3-16,18,28H,17,19H2,1-2H3,(H,32,34). The molecular formula is C31H27NO3S. The molecule has 4 nitrogen and oxygen atoms in total. The number of amides is 1. The SMILES string of the molecule is Cc1cc(C)c(Sc2ccccc2C=O)c(CNC(=O)OCC2c3ccccc3-c3ccccc32)c1. The zero-order valence-electron chi connectivity index (χ0n) is 20.3. The van der Waals surface area contributed by atoms with Gasteiger partial charge in [-0.3, -0.25) is 4.79 Å². The van der Waals surface area contributed by atoms with Gasteiger partial charge >= 0.3 is 6.09 Å². The minimum atomic E-state index is -0.444. The van der Waals surface area contributed by atoms with Gasteiger partial charge in [-0.05, 0) is 53.3 Å². The van der Waals surface area contributed by atoms with Gasteiger partial charge in [0.1, 0.15) is 6.61 Å². The van der Waals surface area contributed by atoms with E-state index in [9.17, 15) is 9.59 Å². The molecule has 1 N–H and O–H groups in total. The third-order valence-corrected chi connectivity index (χ3v) is 7.90. The summed E-state index contributed by atoms with van der Waals surface area (Å²) in [6, 6.07) is 28.3. The number of fused-ring (bicyclic) bond motifs is 3. The van der Waals surface area contributed by atoms with Crippen molar-refractivity contribution in [1.29, 1.82) is 0 Å². The monoisotopic (exact) mass is 493 g/mol. The van der Waals surface area contributed by atoms with Crippen molar-refractivity contribution in [2.75, 3.05) is 6.61 Å². The molecule has 0 aliphatic heterocycles. The molecule has 4 aromatic carbocycles. The van der Waals surface area contributed by atoms with Crippen LogP contribution in [0.5, 0.6) is 0 Å². The molecule has 0 fully saturated rings. The predicted octanol–water partition coefficient (Wildman–Crippen LogP) is 7.31. The summed E-state index contributed by atoms with van der Waals surface area (Å²) in [5, 5.41) is 2.94. The van der Waals surface area contributed by atoms with E-state index in [1.54, 1.807) is 11.8 Å². The largest absolute Gasteiger partial charge is 0.449 e. The van der Waals surface area contributed by atoms with E-state index in [1.165, 1.54) is 22.3 Å². The Morgan fingerprint density at radius 1 is 0.917 bits per heavy atom. The highest BCUT2D eigenvalue weighted by Gasteiger charge is 2.29. The van der Waals surface area contributed by atoms with Crippen LogP contribution in [-0.4, -0.2) is 19.0 Å². The summed E-state index contributed by atoms with van der Waals surface area (Å²) >= 11 is 1.55. The van der Waals surface area contributed by atoms with E-state index in [4.69, 9.17) is 4.74 Å². The average molecular weight is 494 g/mol. The number of benzene rings is 4. The molecule has 4 aromatic rings. The third kappa shape index (κ3) is 4.79. The van der Waals surface area contributed by atoms with Crippen LogP contribution in [0.1, 0.15) is 44.1 Å². The molecule has 1 amide bonds. The second-order valence-electron chi connectivity index (χ2n) is 9.01. The smallest absolute Gasteiger partial charge is 0.407 e. The van der Waals surface area contributed by atoms with Crippen LogP contribution in [0, 0.1) is 13.8 Å². The topological polar surface area (TPSA) is 55.4 Å². The molecule has 0 bridgehead atoms. The van der Waals surface area contributed by atoms with E-state index in [0.717, 1.165) is 32.8 Å². The molecule has 180 valence electrons. The second-order valence-corrected chi connectivity index (χ2v) is 10.1. The lowest BCUT2D eigenvalue weighted by Crippen LogP contribution is -2.26. The second kappa shape index (κ2) is 10.4. The van der Waals surface area contributed by atoms with Crippen molar-refractivity contribution < 1.29 is 14.3 Å². The first kappa shape index (κ1) is 23.9. The summed E-state index contributed by atoms with van der Waals surface area (Å²) in [6.45, 7) is 4.71. The summed E-state index contributed by atoms with van der Waals surface area (Å²) < 4.78 is 5.71. The molecule has 5 rings (SSSR count). The number of carbonyl (C=O) groups excluding carboxylic acids is 2. The molecule has 0 radical (unpaired) electrons. The maximum absolute atomic E-state index is 12.8. The van der Waals surface area contributed by atoms with Crippen molar-refractivity contribution >= 4 is 24.1 Å². The van der Waals surface area contributed by atoms with Crippen molar-refractivity contribution in [3.05, 3.63) is 118 Å². The van der Waals surface area contributed by atoms with Gasteiger partial charge in [0.25, 0.3) is 0 Å². The van der Waals surface area contributed by atoms with Crippen LogP contribution >= 0.6 is 11.8 Å². The number of aldehydes is 1. The lowest BCUT2D eigenvalue weighted by Gasteiger charge is -2.17. The summed E-state index contributed by atoms with van der Waals surface area (Å²) in [4.78, 5) is 26.2. The zero-order valence-corrected chi connectivity index (χ0v) is 21.1. The average Bonchev–Trinajstić information content (AvgIpc) is 3.22. The maximum Gasteiger partial charge on any atom is 0.407 e. The highest BCUT2D eigenvalue weighted by atomic mass is 32.2. The molecule has 36 heavy (non-hydrogen) atoms. The fraction of sp³-hybridized carbons (Fsp3) is 0.161. The number of hydrogen-bond acceptors (Lipinski definition) is 4. The Morgan fingerprint density at radius 2 is 1.56 bits per heavy atom. The Kier molecular flexibility index (Phi) is 6.92. The molecule has 0 saturated carbocycles. The van der Waals surface area contributed by atoms with Crippen molar-refractivity contribution in [3.63, 3.8) is 0 Å². The molecule has 0 atom stereocenters. The molecule has 0 spiro atoms. The molecular weight excluding hydrogens is 466 g/mol. The van der Waals surface area contributed by atoms with Gasteiger partial charge in [0.05, 0.1) is 0 Å². The predicted molar refractivity (Wildman–Crippen MR) is 144 cm³/mol. The lowest BCUT2D eigenvalue weighted by molar-refractivity contribution is 0.112. The minimum absolute atomic E-state index is 0.0234. The van der Waals surface area contributed by atoms with Gasteiger partial charge < -0.3 is 10.1 Å².